The second-order valence-corrected chi connectivity index (χ2v) is 5.94. The van der Waals surface area contributed by atoms with Gasteiger partial charge in [0.05, 0.1) is 6.20 Å². The quantitative estimate of drug-likeness (QED) is 0.550. The van der Waals surface area contributed by atoms with Crippen molar-refractivity contribution in [3.8, 4) is 11.5 Å². The van der Waals surface area contributed by atoms with Gasteiger partial charge >= 0.3 is 0 Å². The summed E-state index contributed by atoms with van der Waals surface area (Å²) in [4.78, 5) is 28.3. The van der Waals surface area contributed by atoms with Crippen LogP contribution in [0, 0.1) is 0 Å². The van der Waals surface area contributed by atoms with Crippen molar-refractivity contribution in [3.63, 3.8) is 0 Å². The van der Waals surface area contributed by atoms with E-state index in [-0.39, 0.29) is 11.4 Å². The minimum absolute atomic E-state index is 0.0916. The number of ether oxygens (including phenoxy) is 1. The molecule has 2 aromatic carbocycles. The molecule has 0 saturated heterocycles. The standard InChI is InChI=1S/C21H15N3O4/c22-20(25)19-18(16-5-1-2-6-17(16)28-19)24-21(26)13-7-9-14(10-8-13)27-15-4-3-11-23-12-15/h1-12H,(H2,22,25)(H,24,26). The van der Waals surface area contributed by atoms with Crippen molar-refractivity contribution < 1.29 is 18.7 Å². The third kappa shape index (κ3) is 3.41. The van der Waals surface area contributed by atoms with Crippen LogP contribution in [-0.2, 0) is 0 Å². The molecule has 3 N–H and O–H groups in total. The number of carbonyl (C=O) groups is 2. The topological polar surface area (TPSA) is 107 Å². The highest BCUT2D eigenvalue weighted by atomic mass is 16.5. The van der Waals surface area contributed by atoms with E-state index in [9.17, 15) is 9.59 Å². The Morgan fingerprint density at radius 3 is 2.46 bits per heavy atom. The summed E-state index contributed by atoms with van der Waals surface area (Å²) in [7, 11) is 0. The van der Waals surface area contributed by atoms with Crippen LogP contribution in [0.15, 0.2) is 77.5 Å². The van der Waals surface area contributed by atoms with Gasteiger partial charge in [0.1, 0.15) is 22.8 Å². The van der Waals surface area contributed by atoms with Crippen molar-refractivity contribution >= 4 is 28.5 Å². The molecule has 7 heteroatoms. The molecule has 0 aliphatic heterocycles. The second-order valence-electron chi connectivity index (χ2n) is 5.94. The molecule has 4 rings (SSSR count). The molecule has 0 fully saturated rings. The number of nitrogens with one attached hydrogen (secondary N) is 1. The van der Waals surface area contributed by atoms with Gasteiger partial charge in [-0.05, 0) is 48.5 Å². The third-order valence-electron chi connectivity index (χ3n) is 4.04. The molecule has 0 unspecified atom stereocenters. The van der Waals surface area contributed by atoms with E-state index in [1.807, 2.05) is 0 Å². The number of aromatic nitrogens is 1. The Bertz CT molecular complexity index is 1150. The predicted octanol–water partition coefficient (Wildman–Crippen LogP) is 3.97. The lowest BCUT2D eigenvalue weighted by Crippen LogP contribution is -2.17. The van der Waals surface area contributed by atoms with Crippen LogP contribution in [-0.4, -0.2) is 16.8 Å². The summed E-state index contributed by atoms with van der Waals surface area (Å²) in [6, 6.07) is 17.1. The van der Waals surface area contributed by atoms with Crippen molar-refractivity contribution in [1.82, 2.24) is 4.98 Å². The molecule has 0 radical (unpaired) electrons. The fourth-order valence-corrected chi connectivity index (χ4v) is 2.75. The number of pyridine rings is 1. The summed E-state index contributed by atoms with van der Waals surface area (Å²) < 4.78 is 11.1. The highest BCUT2D eigenvalue weighted by molar-refractivity contribution is 6.14. The van der Waals surface area contributed by atoms with Crippen LogP contribution in [0.1, 0.15) is 20.9 Å². The van der Waals surface area contributed by atoms with Gasteiger partial charge in [-0.2, -0.15) is 0 Å². The van der Waals surface area contributed by atoms with Crippen LogP contribution in [0.3, 0.4) is 0 Å². The molecular formula is C21H15N3O4. The highest BCUT2D eigenvalue weighted by Gasteiger charge is 2.20. The van der Waals surface area contributed by atoms with E-state index < -0.39 is 11.8 Å². The number of nitrogens with zero attached hydrogens (tertiary/aromatic N) is 1. The first-order valence-corrected chi connectivity index (χ1v) is 8.42. The summed E-state index contributed by atoms with van der Waals surface area (Å²) in [5.74, 6) is -0.0911. The van der Waals surface area contributed by atoms with Gasteiger partial charge in [0.2, 0.25) is 5.76 Å². The fraction of sp³-hybridized carbons (Fsp3) is 0. The summed E-state index contributed by atoms with van der Waals surface area (Å²) in [5, 5.41) is 3.31. The molecule has 4 aromatic rings. The van der Waals surface area contributed by atoms with Crippen LogP contribution in [0.25, 0.3) is 11.0 Å². The number of fused-ring (bicyclic) bond motifs is 1. The zero-order valence-corrected chi connectivity index (χ0v) is 14.6. The Kier molecular flexibility index (Phi) is 4.47. The van der Waals surface area contributed by atoms with Gasteiger partial charge in [-0.3, -0.25) is 14.6 Å². The van der Waals surface area contributed by atoms with Gasteiger partial charge in [0, 0.05) is 17.1 Å². The van der Waals surface area contributed by atoms with Crippen molar-refractivity contribution in [1.29, 1.82) is 0 Å². The average molecular weight is 373 g/mol. The molecule has 0 spiro atoms. The normalized spacial score (nSPS) is 10.6. The van der Waals surface area contributed by atoms with E-state index in [0.717, 1.165) is 0 Å². The second kappa shape index (κ2) is 7.24. The largest absolute Gasteiger partial charge is 0.456 e. The Morgan fingerprint density at radius 2 is 1.75 bits per heavy atom. The van der Waals surface area contributed by atoms with Gasteiger partial charge in [-0.25, -0.2) is 0 Å². The lowest BCUT2D eigenvalue weighted by Gasteiger charge is -2.07. The molecule has 28 heavy (non-hydrogen) atoms. The lowest BCUT2D eigenvalue weighted by molar-refractivity contribution is 0.0977. The Morgan fingerprint density at radius 1 is 0.964 bits per heavy atom. The molecule has 2 aromatic heterocycles. The number of primary amides is 1. The molecule has 0 aliphatic carbocycles. The van der Waals surface area contributed by atoms with Crippen molar-refractivity contribution in [2.75, 3.05) is 5.32 Å². The van der Waals surface area contributed by atoms with Gasteiger partial charge in [0.15, 0.2) is 0 Å². The number of furan rings is 1. The third-order valence-corrected chi connectivity index (χ3v) is 4.04. The van der Waals surface area contributed by atoms with Crippen molar-refractivity contribution in [2.24, 2.45) is 5.73 Å². The maximum absolute atomic E-state index is 12.6. The molecular weight excluding hydrogens is 358 g/mol. The van der Waals surface area contributed by atoms with Crippen LogP contribution in [0.2, 0.25) is 0 Å². The number of para-hydroxylation sites is 1. The Hall–Kier alpha value is -4.13. The summed E-state index contributed by atoms with van der Waals surface area (Å²) in [6.07, 6.45) is 3.25. The summed E-state index contributed by atoms with van der Waals surface area (Å²) >= 11 is 0. The average Bonchev–Trinajstić information content (AvgIpc) is 3.08. The van der Waals surface area contributed by atoms with E-state index in [0.29, 0.717) is 28.0 Å². The zero-order chi connectivity index (χ0) is 19.5. The minimum Gasteiger partial charge on any atom is -0.456 e. The van der Waals surface area contributed by atoms with E-state index in [1.165, 1.54) is 0 Å². The number of benzene rings is 2. The van der Waals surface area contributed by atoms with Crippen LogP contribution >= 0.6 is 0 Å². The predicted molar refractivity (Wildman–Crippen MR) is 103 cm³/mol. The van der Waals surface area contributed by atoms with Crippen LogP contribution < -0.4 is 15.8 Å². The molecule has 2 amide bonds. The maximum Gasteiger partial charge on any atom is 0.286 e. The monoisotopic (exact) mass is 373 g/mol. The van der Waals surface area contributed by atoms with Gasteiger partial charge < -0.3 is 20.2 Å². The van der Waals surface area contributed by atoms with Crippen molar-refractivity contribution in [2.45, 2.75) is 0 Å². The smallest absolute Gasteiger partial charge is 0.286 e. The van der Waals surface area contributed by atoms with Crippen LogP contribution in [0.5, 0.6) is 11.5 Å². The lowest BCUT2D eigenvalue weighted by atomic mass is 10.1. The SMILES string of the molecule is NC(=O)c1oc2ccccc2c1NC(=O)c1ccc(Oc2cccnc2)cc1. The molecule has 2 heterocycles. The van der Waals surface area contributed by atoms with E-state index in [2.05, 4.69) is 10.3 Å². The number of rotatable bonds is 5. The molecule has 0 aliphatic rings. The van der Waals surface area contributed by atoms with Crippen LogP contribution in [0.4, 0.5) is 5.69 Å². The number of carbonyl (C=O) groups excluding carboxylic acids is 2. The number of nitrogens with two attached hydrogens (primary N) is 1. The number of anilines is 1. The first-order valence-electron chi connectivity index (χ1n) is 8.42. The number of hydrogen-bond donors (Lipinski definition) is 2. The van der Waals surface area contributed by atoms with Gasteiger partial charge in [-0.15, -0.1) is 0 Å². The van der Waals surface area contributed by atoms with Gasteiger partial charge in [-0.1, -0.05) is 12.1 Å². The summed E-state index contributed by atoms with van der Waals surface area (Å²) in [6.45, 7) is 0. The van der Waals surface area contributed by atoms with E-state index in [1.54, 1.807) is 73.1 Å². The first-order chi connectivity index (χ1) is 13.6. The van der Waals surface area contributed by atoms with E-state index in [4.69, 9.17) is 14.9 Å². The molecule has 7 nitrogen and oxygen atoms in total. The van der Waals surface area contributed by atoms with E-state index >= 15 is 0 Å². The minimum atomic E-state index is -0.758. The van der Waals surface area contributed by atoms with Crippen molar-refractivity contribution in [3.05, 3.63) is 84.4 Å². The van der Waals surface area contributed by atoms with Gasteiger partial charge in [0.25, 0.3) is 11.8 Å². The number of amides is 2. The molecule has 0 saturated carbocycles. The highest BCUT2D eigenvalue weighted by Crippen LogP contribution is 2.31. The number of hydrogen-bond acceptors (Lipinski definition) is 5. The maximum atomic E-state index is 12.6. The Balaban J connectivity index is 1.57. The fourth-order valence-electron chi connectivity index (χ4n) is 2.75. The first kappa shape index (κ1) is 17.3. The Labute approximate surface area is 159 Å². The molecule has 138 valence electrons. The summed E-state index contributed by atoms with van der Waals surface area (Å²) in [5.41, 5.74) is 6.49. The molecule has 0 atom stereocenters. The molecule has 0 bridgehead atoms. The zero-order valence-electron chi connectivity index (χ0n) is 14.6.